The summed E-state index contributed by atoms with van der Waals surface area (Å²) in [5, 5.41) is 14.5. The maximum Gasteiger partial charge on any atom is 0.222 e. The van der Waals surface area contributed by atoms with E-state index in [9.17, 15) is 4.79 Å². The molecule has 1 fully saturated rings. The van der Waals surface area contributed by atoms with Gasteiger partial charge in [0.1, 0.15) is 6.07 Å². The molecule has 1 aliphatic heterocycles. The zero-order valence-corrected chi connectivity index (χ0v) is 7.90. The summed E-state index contributed by atoms with van der Waals surface area (Å²) < 4.78 is 0. The molecule has 0 bridgehead atoms. The zero-order chi connectivity index (χ0) is 10.7. The second kappa shape index (κ2) is 3.92. The van der Waals surface area contributed by atoms with Gasteiger partial charge >= 0.3 is 0 Å². The molecule has 2 rings (SSSR count). The van der Waals surface area contributed by atoms with E-state index in [0.717, 1.165) is 0 Å². The smallest absolute Gasteiger partial charge is 0.222 e. The highest BCUT2D eigenvalue weighted by Gasteiger charge is 2.22. The lowest BCUT2D eigenvalue weighted by Crippen LogP contribution is -2.23. The predicted octanol–water partition coefficient (Wildman–Crippen LogP) is -0.351. The predicted molar refractivity (Wildman–Crippen MR) is 51.8 cm³/mol. The minimum absolute atomic E-state index is 0.00916. The van der Waals surface area contributed by atoms with Crippen molar-refractivity contribution in [3.63, 3.8) is 0 Å². The van der Waals surface area contributed by atoms with Crippen LogP contribution in [-0.4, -0.2) is 28.5 Å². The van der Waals surface area contributed by atoms with Crippen LogP contribution in [0.2, 0.25) is 0 Å². The topological polar surface area (TPSA) is 90.7 Å². The second-order valence-electron chi connectivity index (χ2n) is 3.21. The molecule has 0 aromatic carbocycles. The van der Waals surface area contributed by atoms with Gasteiger partial charge in [0.25, 0.3) is 0 Å². The van der Waals surface area contributed by atoms with Crippen molar-refractivity contribution in [2.24, 2.45) is 0 Å². The molecule has 1 aromatic rings. The van der Waals surface area contributed by atoms with Gasteiger partial charge < -0.3 is 10.6 Å². The quantitative estimate of drug-likeness (QED) is 0.685. The SMILES string of the molecule is N#Cc1nccnc1NC1CNC(=O)C1. The van der Waals surface area contributed by atoms with Crippen molar-refractivity contribution < 1.29 is 4.79 Å². The first-order valence-corrected chi connectivity index (χ1v) is 4.54. The van der Waals surface area contributed by atoms with E-state index in [1.165, 1.54) is 12.4 Å². The molecular weight excluding hydrogens is 194 g/mol. The van der Waals surface area contributed by atoms with Crippen LogP contribution in [0.15, 0.2) is 12.4 Å². The summed E-state index contributed by atoms with van der Waals surface area (Å²) in [5.74, 6) is 0.441. The number of nitriles is 1. The fourth-order valence-corrected chi connectivity index (χ4v) is 1.43. The van der Waals surface area contributed by atoms with Crippen LogP contribution in [0, 0.1) is 11.3 Å². The average Bonchev–Trinajstić information content (AvgIpc) is 2.65. The summed E-state index contributed by atoms with van der Waals surface area (Å²) >= 11 is 0. The van der Waals surface area contributed by atoms with Gasteiger partial charge in [-0.15, -0.1) is 0 Å². The molecule has 6 nitrogen and oxygen atoms in total. The number of carbonyl (C=O) groups is 1. The van der Waals surface area contributed by atoms with Crippen LogP contribution >= 0.6 is 0 Å². The first-order valence-electron chi connectivity index (χ1n) is 4.54. The lowest BCUT2D eigenvalue weighted by Gasteiger charge is -2.10. The molecule has 2 N–H and O–H groups in total. The van der Waals surface area contributed by atoms with Crippen LogP contribution in [0.5, 0.6) is 0 Å². The van der Waals surface area contributed by atoms with E-state index in [1.807, 2.05) is 6.07 Å². The molecule has 1 aromatic heterocycles. The van der Waals surface area contributed by atoms with E-state index < -0.39 is 0 Å². The molecule has 6 heteroatoms. The van der Waals surface area contributed by atoms with Gasteiger partial charge in [0, 0.05) is 25.4 Å². The van der Waals surface area contributed by atoms with Crippen molar-refractivity contribution in [1.29, 1.82) is 5.26 Å². The number of nitrogens with zero attached hydrogens (tertiary/aromatic N) is 3. The van der Waals surface area contributed by atoms with Gasteiger partial charge in [-0.3, -0.25) is 4.79 Å². The number of aromatic nitrogens is 2. The summed E-state index contributed by atoms with van der Waals surface area (Å²) in [4.78, 5) is 18.8. The highest BCUT2D eigenvalue weighted by molar-refractivity contribution is 5.79. The molecule has 0 spiro atoms. The molecular formula is C9H9N5O. The minimum Gasteiger partial charge on any atom is -0.363 e. The first-order chi connectivity index (χ1) is 7.29. The maximum atomic E-state index is 10.9. The standard InChI is InChI=1S/C9H9N5O/c10-4-7-9(12-2-1-11-7)14-6-3-8(15)13-5-6/h1-2,6H,3,5H2,(H,12,14)(H,13,15). The largest absolute Gasteiger partial charge is 0.363 e. The first kappa shape index (κ1) is 9.40. The fraction of sp³-hybridized carbons (Fsp3) is 0.333. The third-order valence-electron chi connectivity index (χ3n) is 2.12. The van der Waals surface area contributed by atoms with E-state index >= 15 is 0 Å². The second-order valence-corrected chi connectivity index (χ2v) is 3.21. The number of nitrogens with one attached hydrogen (secondary N) is 2. The minimum atomic E-state index is -0.0127. The Hall–Kier alpha value is -2.16. The Bertz CT molecular complexity index is 425. The summed E-state index contributed by atoms with van der Waals surface area (Å²) in [6.45, 7) is 0.556. The van der Waals surface area contributed by atoms with Crippen molar-refractivity contribution in [1.82, 2.24) is 15.3 Å². The van der Waals surface area contributed by atoms with Crippen LogP contribution in [-0.2, 0) is 4.79 Å². The number of hydrogen-bond acceptors (Lipinski definition) is 5. The van der Waals surface area contributed by atoms with Gasteiger partial charge in [0.2, 0.25) is 5.91 Å². The van der Waals surface area contributed by atoms with E-state index in [0.29, 0.717) is 18.8 Å². The number of amides is 1. The number of hydrogen-bond donors (Lipinski definition) is 2. The molecule has 0 saturated carbocycles. The Morgan fingerprint density at radius 2 is 2.33 bits per heavy atom. The fourth-order valence-electron chi connectivity index (χ4n) is 1.43. The Morgan fingerprint density at radius 1 is 1.53 bits per heavy atom. The van der Waals surface area contributed by atoms with Crippen molar-refractivity contribution in [2.45, 2.75) is 12.5 Å². The molecule has 1 atom stereocenters. The molecule has 2 heterocycles. The maximum absolute atomic E-state index is 10.9. The third kappa shape index (κ3) is 2.02. The molecule has 0 aliphatic carbocycles. The van der Waals surface area contributed by atoms with Gasteiger partial charge in [-0.05, 0) is 0 Å². The molecule has 76 valence electrons. The zero-order valence-electron chi connectivity index (χ0n) is 7.90. The van der Waals surface area contributed by atoms with Crippen LogP contribution in [0.1, 0.15) is 12.1 Å². The van der Waals surface area contributed by atoms with Crippen LogP contribution in [0.4, 0.5) is 5.82 Å². The Kier molecular flexibility index (Phi) is 2.46. The molecule has 1 saturated heterocycles. The Balaban J connectivity index is 2.11. The monoisotopic (exact) mass is 203 g/mol. The van der Waals surface area contributed by atoms with E-state index in [2.05, 4.69) is 20.6 Å². The highest BCUT2D eigenvalue weighted by Crippen LogP contribution is 2.11. The van der Waals surface area contributed by atoms with Crippen LogP contribution < -0.4 is 10.6 Å². The molecule has 0 radical (unpaired) electrons. The summed E-state index contributed by atoms with van der Waals surface area (Å²) in [5.41, 5.74) is 0.247. The van der Waals surface area contributed by atoms with Crippen LogP contribution in [0.25, 0.3) is 0 Å². The Morgan fingerprint density at radius 3 is 3.00 bits per heavy atom. The lowest BCUT2D eigenvalue weighted by atomic mass is 10.2. The number of carbonyl (C=O) groups excluding carboxylic acids is 1. The van der Waals surface area contributed by atoms with Crippen molar-refractivity contribution in [3.8, 4) is 6.07 Å². The van der Waals surface area contributed by atoms with E-state index in [-0.39, 0.29) is 17.6 Å². The molecule has 1 aliphatic rings. The molecule has 1 unspecified atom stereocenters. The number of anilines is 1. The van der Waals surface area contributed by atoms with Crippen molar-refractivity contribution in [3.05, 3.63) is 18.1 Å². The third-order valence-corrected chi connectivity index (χ3v) is 2.12. The number of rotatable bonds is 2. The van der Waals surface area contributed by atoms with Gasteiger partial charge in [0.05, 0.1) is 6.04 Å². The normalized spacial score (nSPS) is 19.4. The summed E-state index contributed by atoms with van der Waals surface area (Å²) in [6, 6.07) is 1.93. The summed E-state index contributed by atoms with van der Waals surface area (Å²) in [7, 11) is 0. The van der Waals surface area contributed by atoms with Gasteiger partial charge in [-0.2, -0.15) is 5.26 Å². The molecule has 15 heavy (non-hydrogen) atoms. The lowest BCUT2D eigenvalue weighted by molar-refractivity contribution is -0.119. The van der Waals surface area contributed by atoms with Crippen molar-refractivity contribution in [2.75, 3.05) is 11.9 Å². The highest BCUT2D eigenvalue weighted by atomic mass is 16.1. The van der Waals surface area contributed by atoms with E-state index in [4.69, 9.17) is 5.26 Å². The van der Waals surface area contributed by atoms with E-state index in [1.54, 1.807) is 0 Å². The van der Waals surface area contributed by atoms with Crippen LogP contribution in [0.3, 0.4) is 0 Å². The summed E-state index contributed by atoms with van der Waals surface area (Å²) in [6.07, 6.45) is 3.37. The molecule has 1 amide bonds. The van der Waals surface area contributed by atoms with Gasteiger partial charge in [-0.25, -0.2) is 9.97 Å². The van der Waals surface area contributed by atoms with Gasteiger partial charge in [0.15, 0.2) is 11.5 Å². The Labute approximate surface area is 86.3 Å². The average molecular weight is 203 g/mol. The van der Waals surface area contributed by atoms with Gasteiger partial charge in [-0.1, -0.05) is 0 Å². The van der Waals surface area contributed by atoms with Crippen molar-refractivity contribution >= 4 is 11.7 Å².